The van der Waals surface area contributed by atoms with Crippen LogP contribution in [0.15, 0.2) is 46.8 Å². The van der Waals surface area contributed by atoms with Crippen molar-refractivity contribution in [3.8, 4) is 11.5 Å². The molecule has 1 unspecified atom stereocenters. The zero-order valence-corrected chi connectivity index (χ0v) is 18.5. The van der Waals surface area contributed by atoms with Gasteiger partial charge in [-0.25, -0.2) is 0 Å². The lowest BCUT2D eigenvalue weighted by atomic mass is 10.1. The van der Waals surface area contributed by atoms with Crippen molar-refractivity contribution < 1.29 is 19.1 Å². The molecule has 8 nitrogen and oxygen atoms in total. The van der Waals surface area contributed by atoms with Crippen LogP contribution < -0.4 is 20.1 Å². The van der Waals surface area contributed by atoms with Crippen LogP contribution in [0, 0.1) is 13.8 Å². The van der Waals surface area contributed by atoms with Gasteiger partial charge in [0, 0.05) is 5.69 Å². The SMILES string of the molecule is Cc1ccc(Nc2nnc(SCC(=O)NC(=O)C3COc4ccccc4O3)s2)c(C)c1. The average molecular weight is 457 g/mol. The summed E-state index contributed by atoms with van der Waals surface area (Å²) < 4.78 is 11.7. The van der Waals surface area contributed by atoms with Gasteiger partial charge < -0.3 is 14.8 Å². The van der Waals surface area contributed by atoms with Crippen LogP contribution in [0.25, 0.3) is 0 Å². The lowest BCUT2D eigenvalue weighted by Gasteiger charge is -2.25. The first-order valence-electron chi connectivity index (χ1n) is 9.50. The van der Waals surface area contributed by atoms with E-state index < -0.39 is 17.9 Å². The van der Waals surface area contributed by atoms with E-state index in [1.807, 2.05) is 32.0 Å². The standard InChI is InChI=1S/C21H20N4O4S2/c1-12-7-8-14(13(2)9-12)22-20-24-25-21(31-20)30-11-18(26)23-19(27)17-10-28-15-5-3-4-6-16(15)29-17/h3-9,17H,10-11H2,1-2H3,(H,22,24)(H,23,26,27). The first kappa shape index (κ1) is 21.1. The predicted octanol–water partition coefficient (Wildman–Crippen LogP) is 3.47. The average Bonchev–Trinajstić information content (AvgIpc) is 3.21. The number of benzene rings is 2. The fourth-order valence-electron chi connectivity index (χ4n) is 2.92. The van der Waals surface area contributed by atoms with Crippen molar-refractivity contribution in [2.75, 3.05) is 17.7 Å². The minimum atomic E-state index is -0.876. The van der Waals surface area contributed by atoms with E-state index >= 15 is 0 Å². The van der Waals surface area contributed by atoms with Crippen molar-refractivity contribution in [1.29, 1.82) is 0 Å². The number of anilines is 2. The molecule has 10 heteroatoms. The van der Waals surface area contributed by atoms with E-state index in [2.05, 4.69) is 26.9 Å². The number of fused-ring (bicyclic) bond motifs is 1. The molecule has 0 spiro atoms. The number of carbonyl (C=O) groups excluding carboxylic acids is 2. The van der Waals surface area contributed by atoms with Crippen LogP contribution in [-0.2, 0) is 9.59 Å². The third-order valence-electron chi connectivity index (χ3n) is 4.42. The summed E-state index contributed by atoms with van der Waals surface area (Å²) in [5.41, 5.74) is 3.25. The van der Waals surface area contributed by atoms with Gasteiger partial charge in [0.15, 0.2) is 15.8 Å². The van der Waals surface area contributed by atoms with E-state index in [0.717, 1.165) is 11.3 Å². The predicted molar refractivity (Wildman–Crippen MR) is 119 cm³/mol. The molecule has 2 heterocycles. The number of ether oxygens (including phenoxy) is 2. The molecule has 0 saturated heterocycles. The van der Waals surface area contributed by atoms with E-state index in [0.29, 0.717) is 21.0 Å². The van der Waals surface area contributed by atoms with Gasteiger partial charge in [0.05, 0.1) is 5.75 Å². The van der Waals surface area contributed by atoms with Crippen LogP contribution in [0.2, 0.25) is 0 Å². The largest absolute Gasteiger partial charge is 0.485 e. The normalized spacial score (nSPS) is 14.7. The van der Waals surface area contributed by atoms with Crippen LogP contribution in [-0.4, -0.2) is 40.5 Å². The van der Waals surface area contributed by atoms with E-state index in [1.165, 1.54) is 28.7 Å². The molecular weight excluding hydrogens is 436 g/mol. The lowest BCUT2D eigenvalue weighted by molar-refractivity contribution is -0.135. The van der Waals surface area contributed by atoms with Crippen molar-refractivity contribution in [3.63, 3.8) is 0 Å². The minimum Gasteiger partial charge on any atom is -0.485 e. The zero-order valence-electron chi connectivity index (χ0n) is 16.9. The monoisotopic (exact) mass is 456 g/mol. The first-order chi connectivity index (χ1) is 15.0. The van der Waals surface area contributed by atoms with Gasteiger partial charge in [-0.05, 0) is 37.6 Å². The number of hydrogen-bond donors (Lipinski definition) is 2. The Kier molecular flexibility index (Phi) is 6.38. The Morgan fingerprint density at radius 2 is 1.97 bits per heavy atom. The Hall–Kier alpha value is -3.11. The van der Waals surface area contributed by atoms with Gasteiger partial charge in [0.25, 0.3) is 5.91 Å². The number of nitrogens with one attached hydrogen (secondary N) is 2. The number of hydrogen-bond acceptors (Lipinski definition) is 9. The summed E-state index contributed by atoms with van der Waals surface area (Å²) in [5, 5.41) is 14.4. The summed E-state index contributed by atoms with van der Waals surface area (Å²) in [4.78, 5) is 24.5. The number of aryl methyl sites for hydroxylation is 2. The van der Waals surface area contributed by atoms with Gasteiger partial charge in [-0.15, -0.1) is 10.2 Å². The van der Waals surface area contributed by atoms with Crippen molar-refractivity contribution >= 4 is 45.7 Å². The topological polar surface area (TPSA) is 102 Å². The molecule has 2 N–H and O–H groups in total. The molecule has 31 heavy (non-hydrogen) atoms. The Bertz CT molecular complexity index is 1120. The Morgan fingerprint density at radius 3 is 2.77 bits per heavy atom. The quantitative estimate of drug-likeness (QED) is 0.544. The number of carbonyl (C=O) groups is 2. The number of para-hydroxylation sites is 2. The maximum Gasteiger partial charge on any atom is 0.271 e. The Labute approximate surface area is 187 Å². The van der Waals surface area contributed by atoms with E-state index in [9.17, 15) is 9.59 Å². The maximum atomic E-state index is 12.3. The Morgan fingerprint density at radius 1 is 1.16 bits per heavy atom. The number of amides is 2. The van der Waals surface area contributed by atoms with Crippen molar-refractivity contribution in [2.24, 2.45) is 0 Å². The smallest absolute Gasteiger partial charge is 0.271 e. The van der Waals surface area contributed by atoms with Crippen LogP contribution in [0.1, 0.15) is 11.1 Å². The third kappa shape index (κ3) is 5.33. The molecule has 4 rings (SSSR count). The van der Waals surface area contributed by atoms with E-state index in [4.69, 9.17) is 9.47 Å². The molecule has 3 aromatic rings. The molecule has 2 aromatic carbocycles. The molecule has 0 saturated carbocycles. The molecule has 160 valence electrons. The van der Waals surface area contributed by atoms with Gasteiger partial charge in [0.1, 0.15) is 6.61 Å². The summed E-state index contributed by atoms with van der Waals surface area (Å²) in [7, 11) is 0. The second-order valence-electron chi connectivity index (χ2n) is 6.88. The fraction of sp³-hybridized carbons (Fsp3) is 0.238. The summed E-state index contributed by atoms with van der Waals surface area (Å²) >= 11 is 2.55. The highest BCUT2D eigenvalue weighted by atomic mass is 32.2. The van der Waals surface area contributed by atoms with Crippen molar-refractivity contribution in [2.45, 2.75) is 24.3 Å². The molecule has 0 fully saturated rings. The Balaban J connectivity index is 1.26. The second kappa shape index (κ2) is 9.36. The molecule has 2 amide bonds. The van der Waals surface area contributed by atoms with Crippen molar-refractivity contribution in [1.82, 2.24) is 15.5 Å². The lowest BCUT2D eigenvalue weighted by Crippen LogP contribution is -2.46. The molecular formula is C21H20N4O4S2. The maximum absolute atomic E-state index is 12.3. The van der Waals surface area contributed by atoms with Crippen LogP contribution in [0.4, 0.5) is 10.8 Å². The van der Waals surface area contributed by atoms with Gasteiger partial charge in [0.2, 0.25) is 17.1 Å². The number of imide groups is 1. The highest BCUT2D eigenvalue weighted by molar-refractivity contribution is 8.01. The molecule has 1 aromatic heterocycles. The van der Waals surface area contributed by atoms with Crippen LogP contribution >= 0.6 is 23.1 Å². The van der Waals surface area contributed by atoms with Gasteiger partial charge >= 0.3 is 0 Å². The second-order valence-corrected chi connectivity index (χ2v) is 9.08. The van der Waals surface area contributed by atoms with Crippen LogP contribution in [0.5, 0.6) is 11.5 Å². The third-order valence-corrected chi connectivity index (χ3v) is 6.39. The van der Waals surface area contributed by atoms with Gasteiger partial charge in [-0.3, -0.25) is 14.9 Å². The number of rotatable bonds is 6. The highest BCUT2D eigenvalue weighted by Crippen LogP contribution is 2.31. The van der Waals surface area contributed by atoms with Crippen LogP contribution in [0.3, 0.4) is 0 Å². The number of thioether (sulfide) groups is 1. The van der Waals surface area contributed by atoms with Gasteiger partial charge in [-0.2, -0.15) is 0 Å². The molecule has 1 aliphatic rings. The number of nitrogens with zero attached hydrogens (tertiary/aromatic N) is 2. The number of aromatic nitrogens is 2. The molecule has 0 aliphatic carbocycles. The molecule has 1 aliphatic heterocycles. The summed E-state index contributed by atoms with van der Waals surface area (Å²) in [5.74, 6) is 0.128. The zero-order chi connectivity index (χ0) is 21.8. The van der Waals surface area contributed by atoms with Gasteiger partial charge in [-0.1, -0.05) is 52.9 Å². The first-order valence-corrected chi connectivity index (χ1v) is 11.3. The van der Waals surface area contributed by atoms with Crippen molar-refractivity contribution in [3.05, 3.63) is 53.6 Å². The highest BCUT2D eigenvalue weighted by Gasteiger charge is 2.28. The molecule has 0 bridgehead atoms. The van der Waals surface area contributed by atoms with E-state index in [1.54, 1.807) is 18.2 Å². The fourth-order valence-corrected chi connectivity index (χ4v) is 4.48. The molecule has 1 atom stereocenters. The summed E-state index contributed by atoms with van der Waals surface area (Å²) in [6.07, 6.45) is -0.876. The summed E-state index contributed by atoms with van der Waals surface area (Å²) in [6.45, 7) is 4.11. The molecule has 0 radical (unpaired) electrons. The minimum absolute atomic E-state index is 0.0358. The van der Waals surface area contributed by atoms with E-state index in [-0.39, 0.29) is 12.4 Å². The summed E-state index contributed by atoms with van der Waals surface area (Å²) in [6, 6.07) is 13.2.